The summed E-state index contributed by atoms with van der Waals surface area (Å²) in [5, 5.41) is 3.19. The van der Waals surface area contributed by atoms with Crippen molar-refractivity contribution in [3.63, 3.8) is 0 Å². The van der Waals surface area contributed by atoms with Gasteiger partial charge in [-0.25, -0.2) is 0 Å². The first-order valence-electron chi connectivity index (χ1n) is 10.8. The molecule has 0 aromatic heterocycles. The Morgan fingerprint density at radius 3 is 2.29 bits per heavy atom. The lowest BCUT2D eigenvalue weighted by Gasteiger charge is -2.38. The van der Waals surface area contributed by atoms with E-state index in [0.717, 1.165) is 31.8 Å². The average Bonchev–Trinajstić information content (AvgIpc) is 2.84. The largest absolute Gasteiger partial charge is 0.381 e. The Bertz CT molecular complexity index is 978. The third kappa shape index (κ3) is 5.57. The number of carbonyl (C=O) groups excluding carboxylic acids is 1. The molecule has 0 aliphatic carbocycles. The predicted octanol–water partition coefficient (Wildman–Crippen LogP) is 5.77. The van der Waals surface area contributed by atoms with Crippen molar-refractivity contribution >= 4 is 17.7 Å². The summed E-state index contributed by atoms with van der Waals surface area (Å²) in [5.74, 6) is 0.877. The third-order valence-electron chi connectivity index (χ3n) is 6.07. The zero-order valence-corrected chi connectivity index (χ0v) is 18.8. The van der Waals surface area contributed by atoms with E-state index in [1.54, 1.807) is 0 Å². The summed E-state index contributed by atoms with van der Waals surface area (Å²) >= 11 is 1.81. The van der Waals surface area contributed by atoms with Gasteiger partial charge < -0.3 is 10.1 Å². The highest BCUT2D eigenvalue weighted by Crippen LogP contribution is 2.34. The molecule has 160 valence electrons. The highest BCUT2D eigenvalue weighted by atomic mass is 32.2. The molecule has 0 saturated carbocycles. The lowest BCUT2D eigenvalue weighted by Crippen LogP contribution is -2.44. The zero-order valence-electron chi connectivity index (χ0n) is 18.0. The quantitative estimate of drug-likeness (QED) is 0.483. The molecule has 0 atom stereocenters. The van der Waals surface area contributed by atoms with Crippen molar-refractivity contribution < 1.29 is 9.53 Å². The highest BCUT2D eigenvalue weighted by Gasteiger charge is 2.34. The fourth-order valence-corrected chi connectivity index (χ4v) is 4.88. The van der Waals surface area contributed by atoms with Crippen LogP contribution < -0.4 is 5.32 Å². The maximum absolute atomic E-state index is 12.8. The molecule has 1 aliphatic rings. The van der Waals surface area contributed by atoms with Crippen LogP contribution in [-0.4, -0.2) is 25.7 Å². The van der Waals surface area contributed by atoms with Crippen LogP contribution in [0.15, 0.2) is 83.8 Å². The molecule has 3 nitrogen and oxygen atoms in total. The number of amides is 1. The van der Waals surface area contributed by atoms with Gasteiger partial charge in [0.05, 0.1) is 0 Å². The molecule has 1 fully saturated rings. The van der Waals surface area contributed by atoms with Crippen LogP contribution in [0.1, 0.15) is 39.9 Å². The number of hydrogen-bond acceptors (Lipinski definition) is 3. The first-order chi connectivity index (χ1) is 15.1. The second kappa shape index (κ2) is 10.2. The van der Waals surface area contributed by atoms with Gasteiger partial charge in [-0.3, -0.25) is 4.79 Å². The Morgan fingerprint density at radius 1 is 0.935 bits per heavy atom. The number of thioether (sulfide) groups is 1. The van der Waals surface area contributed by atoms with Gasteiger partial charge in [0.1, 0.15) is 0 Å². The van der Waals surface area contributed by atoms with E-state index in [9.17, 15) is 4.79 Å². The molecule has 0 bridgehead atoms. The average molecular weight is 432 g/mol. The summed E-state index contributed by atoms with van der Waals surface area (Å²) in [4.78, 5) is 14.1. The first kappa shape index (κ1) is 21.7. The van der Waals surface area contributed by atoms with Gasteiger partial charge in [-0.15, -0.1) is 11.8 Å². The smallest absolute Gasteiger partial charge is 0.251 e. The molecule has 1 aliphatic heterocycles. The minimum absolute atomic E-state index is 0.0143. The van der Waals surface area contributed by atoms with Crippen molar-refractivity contribution in [3.05, 3.63) is 101 Å². The topological polar surface area (TPSA) is 38.3 Å². The van der Waals surface area contributed by atoms with Gasteiger partial charge >= 0.3 is 0 Å². The number of nitrogens with one attached hydrogen (secondary N) is 1. The molecule has 1 N–H and O–H groups in total. The van der Waals surface area contributed by atoms with Gasteiger partial charge in [0.25, 0.3) is 5.91 Å². The van der Waals surface area contributed by atoms with E-state index >= 15 is 0 Å². The molecule has 0 radical (unpaired) electrons. The summed E-state index contributed by atoms with van der Waals surface area (Å²) in [6.07, 6.45) is 1.85. The van der Waals surface area contributed by atoms with E-state index < -0.39 is 0 Å². The van der Waals surface area contributed by atoms with Crippen LogP contribution in [0.3, 0.4) is 0 Å². The SMILES string of the molecule is Cc1ccc(SCc2ccc(C(=O)NCC3(c4ccccc4)CCOCC3)cc2)cc1. The van der Waals surface area contributed by atoms with Gasteiger partial charge in [-0.2, -0.15) is 0 Å². The first-order valence-corrected chi connectivity index (χ1v) is 11.8. The van der Waals surface area contributed by atoms with Crippen LogP contribution in [0.4, 0.5) is 0 Å². The van der Waals surface area contributed by atoms with Gasteiger partial charge in [0.2, 0.25) is 0 Å². The zero-order chi connectivity index (χ0) is 21.5. The molecular weight excluding hydrogens is 402 g/mol. The molecule has 31 heavy (non-hydrogen) atoms. The normalized spacial score (nSPS) is 15.4. The summed E-state index contributed by atoms with van der Waals surface area (Å²) < 4.78 is 5.60. The number of hydrogen-bond donors (Lipinski definition) is 1. The Kier molecular flexibility index (Phi) is 7.10. The lowest BCUT2D eigenvalue weighted by molar-refractivity contribution is 0.0487. The fraction of sp³-hybridized carbons (Fsp3) is 0.296. The Balaban J connectivity index is 1.36. The molecule has 0 spiro atoms. The molecule has 3 aromatic carbocycles. The van der Waals surface area contributed by atoms with Crippen molar-refractivity contribution in [2.24, 2.45) is 0 Å². The molecule has 1 saturated heterocycles. The summed E-state index contributed by atoms with van der Waals surface area (Å²) in [7, 11) is 0. The van der Waals surface area contributed by atoms with Crippen LogP contribution in [0.25, 0.3) is 0 Å². The van der Waals surface area contributed by atoms with Crippen molar-refractivity contribution in [1.29, 1.82) is 0 Å². The monoisotopic (exact) mass is 431 g/mol. The second-order valence-corrected chi connectivity index (χ2v) is 9.29. The fourth-order valence-electron chi connectivity index (χ4n) is 4.03. The number of aryl methyl sites for hydroxylation is 1. The maximum atomic E-state index is 12.8. The standard InChI is InChI=1S/C27H29NO2S/c1-21-7-13-25(14-8-21)31-19-22-9-11-23(12-10-22)26(29)28-20-27(15-17-30-18-16-27)24-5-3-2-4-6-24/h2-14H,15-20H2,1H3,(H,28,29). The van der Waals surface area contributed by atoms with Gasteiger partial charge in [0, 0.05) is 41.4 Å². The van der Waals surface area contributed by atoms with Gasteiger partial charge in [-0.05, 0) is 55.2 Å². The van der Waals surface area contributed by atoms with E-state index in [1.165, 1.54) is 21.6 Å². The van der Waals surface area contributed by atoms with Crippen LogP contribution in [-0.2, 0) is 15.9 Å². The molecule has 3 aromatic rings. The molecule has 1 amide bonds. The maximum Gasteiger partial charge on any atom is 0.251 e. The van der Waals surface area contributed by atoms with Crippen molar-refractivity contribution in [1.82, 2.24) is 5.32 Å². The van der Waals surface area contributed by atoms with E-state index in [-0.39, 0.29) is 11.3 Å². The Morgan fingerprint density at radius 2 is 1.61 bits per heavy atom. The minimum Gasteiger partial charge on any atom is -0.381 e. The van der Waals surface area contributed by atoms with Crippen LogP contribution in [0, 0.1) is 6.92 Å². The van der Waals surface area contributed by atoms with Crippen LogP contribution in [0.5, 0.6) is 0 Å². The van der Waals surface area contributed by atoms with E-state index in [4.69, 9.17) is 4.74 Å². The molecular formula is C27H29NO2S. The van der Waals surface area contributed by atoms with E-state index in [1.807, 2.05) is 30.0 Å². The Labute approximate surface area is 189 Å². The molecule has 4 heteroatoms. The number of ether oxygens (including phenoxy) is 1. The van der Waals surface area contributed by atoms with Crippen molar-refractivity contribution in [3.8, 4) is 0 Å². The predicted molar refractivity (Wildman–Crippen MR) is 128 cm³/mol. The van der Waals surface area contributed by atoms with Crippen LogP contribution in [0.2, 0.25) is 0 Å². The minimum atomic E-state index is -0.0558. The summed E-state index contributed by atoms with van der Waals surface area (Å²) in [5.41, 5.74) is 4.42. The van der Waals surface area contributed by atoms with Crippen molar-refractivity contribution in [2.75, 3.05) is 19.8 Å². The van der Waals surface area contributed by atoms with Crippen molar-refractivity contribution in [2.45, 2.75) is 35.8 Å². The highest BCUT2D eigenvalue weighted by molar-refractivity contribution is 7.98. The van der Waals surface area contributed by atoms with Gasteiger partial charge in [0.15, 0.2) is 0 Å². The van der Waals surface area contributed by atoms with E-state index in [0.29, 0.717) is 12.1 Å². The third-order valence-corrected chi connectivity index (χ3v) is 7.15. The number of rotatable bonds is 7. The second-order valence-electron chi connectivity index (χ2n) is 8.24. The summed E-state index contributed by atoms with van der Waals surface area (Å²) in [6.45, 7) is 4.20. The van der Waals surface area contributed by atoms with Crippen LogP contribution >= 0.6 is 11.8 Å². The lowest BCUT2D eigenvalue weighted by atomic mass is 9.74. The number of carbonyl (C=O) groups is 1. The Hall–Kier alpha value is -2.56. The molecule has 4 rings (SSSR count). The number of benzene rings is 3. The molecule has 0 unspecified atom stereocenters. The van der Waals surface area contributed by atoms with E-state index in [2.05, 4.69) is 72.9 Å². The van der Waals surface area contributed by atoms with Gasteiger partial charge in [-0.1, -0.05) is 60.2 Å². The molecule has 1 heterocycles. The summed E-state index contributed by atoms with van der Waals surface area (Å²) in [6, 6.07) is 27.1.